The third-order valence-electron chi connectivity index (χ3n) is 8.82. The van der Waals surface area contributed by atoms with E-state index in [-0.39, 0.29) is 17.3 Å². The van der Waals surface area contributed by atoms with Crippen molar-refractivity contribution in [3.05, 3.63) is 41.0 Å². The second-order valence-corrected chi connectivity index (χ2v) is 13.7. The maximum atomic E-state index is 15.5. The number of aliphatic imine (C=N–C) groups is 1. The molecule has 0 bridgehead atoms. The molecule has 1 saturated heterocycles. The standard InChI is InChI=1S/C33H45F8N7O8/c1-30(2,32(36,37)38)24(45-28(52)54-5)26(50)44-13-19(49)14-48(47-27(51)25(46-29(53)55-6)31(3,4)33(39,40)41)15-20-21(34)11-17(12-22(20)35)23(42)7-9-43-18-8-10-56-16-18/h7,9,11-12,18-19,24-25,49H,8,10,13-16,42H2,1-6H3,(H,44,50)(H,45,52)(H,46,53)(H,47,51)/t18-,19-,24?,25-/m1/s1. The Morgan fingerprint density at radius 1 is 0.946 bits per heavy atom. The first kappa shape index (κ1) is 47.4. The molecule has 1 unspecified atom stereocenters. The summed E-state index contributed by atoms with van der Waals surface area (Å²) in [4.78, 5) is 54.3. The van der Waals surface area contributed by atoms with Crippen LogP contribution < -0.4 is 27.1 Å². The van der Waals surface area contributed by atoms with E-state index >= 15 is 8.78 Å². The predicted octanol–water partition coefficient (Wildman–Crippen LogP) is 3.06. The number of nitrogens with two attached hydrogens (primary N) is 1. The van der Waals surface area contributed by atoms with Crippen LogP contribution in [0.5, 0.6) is 0 Å². The third kappa shape index (κ3) is 12.6. The molecule has 0 aliphatic carbocycles. The molecule has 56 heavy (non-hydrogen) atoms. The Balaban J connectivity index is 2.46. The summed E-state index contributed by atoms with van der Waals surface area (Å²) in [5, 5.41) is 16.8. The minimum atomic E-state index is -5.14. The Hall–Kier alpha value is -4.77. The number of methoxy groups -OCH3 is 2. The number of halogens is 8. The van der Waals surface area contributed by atoms with E-state index in [9.17, 15) is 50.6 Å². The number of aliphatic hydroxyl groups excluding tert-OH is 1. The summed E-state index contributed by atoms with van der Waals surface area (Å²) >= 11 is 0. The van der Waals surface area contributed by atoms with Crippen LogP contribution >= 0.6 is 0 Å². The number of nitrogens with zero attached hydrogens (tertiary/aromatic N) is 2. The lowest BCUT2D eigenvalue weighted by Crippen LogP contribution is -2.62. The third-order valence-corrected chi connectivity index (χ3v) is 8.82. The fraction of sp³-hybridized carbons (Fsp3) is 0.606. The molecule has 7 N–H and O–H groups in total. The molecule has 0 radical (unpaired) electrons. The number of hydrazine groups is 1. The Morgan fingerprint density at radius 3 is 1.89 bits per heavy atom. The van der Waals surface area contributed by atoms with Gasteiger partial charge in [-0.25, -0.2) is 23.4 Å². The second-order valence-electron chi connectivity index (χ2n) is 13.7. The van der Waals surface area contributed by atoms with E-state index < -0.39 is 102 Å². The smallest absolute Gasteiger partial charge is 0.407 e. The van der Waals surface area contributed by atoms with E-state index in [1.807, 2.05) is 10.7 Å². The SMILES string of the molecule is COC(=O)NC(C(=O)NC[C@@H](O)CN(Cc1c(F)cc(C(N)=CC=N[C@@H]2CCOC2)cc1F)NC(=O)[C@@H](NC(=O)OC)C(C)(C)C(F)(F)F)C(C)(C)C(F)(F)F. The van der Waals surface area contributed by atoms with Gasteiger partial charge in [0.25, 0.3) is 5.91 Å². The van der Waals surface area contributed by atoms with Crippen LogP contribution in [-0.2, 0) is 30.3 Å². The zero-order chi connectivity index (χ0) is 42.8. The summed E-state index contributed by atoms with van der Waals surface area (Å²) in [6, 6.07) is -3.30. The molecule has 2 rings (SSSR count). The van der Waals surface area contributed by atoms with E-state index in [0.29, 0.717) is 52.3 Å². The lowest BCUT2D eigenvalue weighted by atomic mass is 9.83. The lowest BCUT2D eigenvalue weighted by molar-refractivity contribution is -0.221. The number of alkyl carbamates (subject to hydrolysis) is 2. The van der Waals surface area contributed by atoms with Crippen molar-refractivity contribution in [2.75, 3.05) is 40.5 Å². The lowest BCUT2D eigenvalue weighted by Gasteiger charge is -2.37. The van der Waals surface area contributed by atoms with Gasteiger partial charge in [-0.05, 0) is 52.3 Å². The number of hydrogen-bond donors (Lipinski definition) is 6. The number of hydrogen-bond acceptors (Lipinski definition) is 11. The van der Waals surface area contributed by atoms with Crippen LogP contribution in [0.25, 0.3) is 5.70 Å². The summed E-state index contributed by atoms with van der Waals surface area (Å²) in [5.74, 6) is -5.63. The van der Waals surface area contributed by atoms with Gasteiger partial charge in [-0.2, -0.15) is 26.3 Å². The Morgan fingerprint density at radius 2 is 1.45 bits per heavy atom. The number of nitrogens with one attached hydrogen (secondary N) is 4. The Kier molecular flexibility index (Phi) is 16.4. The summed E-state index contributed by atoms with van der Waals surface area (Å²) in [7, 11) is 1.63. The maximum absolute atomic E-state index is 15.5. The quantitative estimate of drug-likeness (QED) is 0.0817. The average molecular weight is 820 g/mol. The van der Waals surface area contributed by atoms with Gasteiger partial charge in [0.2, 0.25) is 5.91 Å². The summed E-state index contributed by atoms with van der Waals surface area (Å²) in [5.41, 5.74) is 0.951. The predicted molar refractivity (Wildman–Crippen MR) is 182 cm³/mol. The number of rotatable bonds is 16. The highest BCUT2D eigenvalue weighted by Gasteiger charge is 2.57. The van der Waals surface area contributed by atoms with Gasteiger partial charge in [0.1, 0.15) is 23.7 Å². The van der Waals surface area contributed by atoms with Gasteiger partial charge in [0.05, 0.1) is 43.8 Å². The van der Waals surface area contributed by atoms with Gasteiger partial charge >= 0.3 is 24.5 Å². The van der Waals surface area contributed by atoms with Crippen molar-refractivity contribution in [1.82, 2.24) is 26.4 Å². The first-order chi connectivity index (χ1) is 25.8. The van der Waals surface area contributed by atoms with E-state index in [0.717, 1.165) is 26.4 Å². The van der Waals surface area contributed by atoms with Crippen molar-refractivity contribution in [3.63, 3.8) is 0 Å². The highest BCUT2D eigenvalue weighted by atomic mass is 19.4. The highest BCUT2D eigenvalue weighted by Crippen LogP contribution is 2.41. The molecular formula is C33H45F8N7O8. The Bertz CT molecular complexity index is 1590. The molecule has 4 atom stereocenters. The summed E-state index contributed by atoms with van der Waals surface area (Å²) < 4.78 is 128. The zero-order valence-corrected chi connectivity index (χ0v) is 31.2. The van der Waals surface area contributed by atoms with Crippen LogP contribution in [0.15, 0.2) is 23.2 Å². The number of alkyl halides is 6. The molecule has 0 saturated carbocycles. The fourth-order valence-electron chi connectivity index (χ4n) is 4.93. The molecule has 1 aromatic carbocycles. The first-order valence-electron chi connectivity index (χ1n) is 16.6. The van der Waals surface area contributed by atoms with Gasteiger partial charge < -0.3 is 41.0 Å². The number of ether oxygens (including phenoxy) is 3. The molecule has 1 aromatic rings. The zero-order valence-electron chi connectivity index (χ0n) is 31.2. The molecule has 4 amide bonds. The van der Waals surface area contributed by atoms with E-state index in [1.54, 1.807) is 10.6 Å². The molecule has 1 aliphatic heterocycles. The summed E-state index contributed by atoms with van der Waals surface area (Å²) in [6.45, 7) is 0.302. The summed E-state index contributed by atoms with van der Waals surface area (Å²) in [6.07, 6.45) is -11.7. The number of allylic oxidation sites excluding steroid dienone is 1. The van der Waals surface area contributed by atoms with Crippen LogP contribution in [0.2, 0.25) is 0 Å². The van der Waals surface area contributed by atoms with Crippen molar-refractivity contribution in [3.8, 4) is 0 Å². The monoisotopic (exact) mass is 819 g/mol. The first-order valence-corrected chi connectivity index (χ1v) is 16.6. The number of aliphatic hydroxyl groups is 1. The van der Waals surface area contributed by atoms with E-state index in [1.165, 1.54) is 12.3 Å². The molecule has 0 aromatic heterocycles. The maximum Gasteiger partial charge on any atom is 0.407 e. The highest BCUT2D eigenvalue weighted by molar-refractivity contribution is 5.87. The second kappa shape index (κ2) is 19.4. The van der Waals surface area contributed by atoms with Crippen molar-refractivity contribution >= 4 is 35.9 Å². The number of carbonyl (C=O) groups excluding carboxylic acids is 4. The minimum absolute atomic E-state index is 0.117. The normalized spacial score (nSPS) is 17.3. The largest absolute Gasteiger partial charge is 0.453 e. The fourth-order valence-corrected chi connectivity index (χ4v) is 4.93. The topological polar surface area (TPSA) is 206 Å². The van der Waals surface area contributed by atoms with Crippen LogP contribution in [-0.4, -0.2) is 117 Å². The van der Waals surface area contributed by atoms with Crippen molar-refractivity contribution in [2.24, 2.45) is 21.6 Å². The van der Waals surface area contributed by atoms with Crippen molar-refractivity contribution in [1.29, 1.82) is 0 Å². The Labute approximate surface area is 316 Å². The molecule has 1 heterocycles. The minimum Gasteiger partial charge on any atom is -0.453 e. The average Bonchev–Trinajstić information content (AvgIpc) is 3.61. The molecule has 1 aliphatic rings. The number of carbonyl (C=O) groups is 4. The van der Waals surface area contributed by atoms with Crippen LogP contribution in [0.3, 0.4) is 0 Å². The van der Waals surface area contributed by atoms with Gasteiger partial charge in [-0.1, -0.05) is 0 Å². The van der Waals surface area contributed by atoms with Crippen LogP contribution in [0.1, 0.15) is 45.2 Å². The molecular weight excluding hydrogens is 774 g/mol. The molecule has 1 fully saturated rings. The van der Waals surface area contributed by atoms with Crippen LogP contribution in [0, 0.1) is 22.5 Å². The molecule has 0 spiro atoms. The van der Waals surface area contributed by atoms with Gasteiger partial charge in [0.15, 0.2) is 0 Å². The molecule has 316 valence electrons. The van der Waals surface area contributed by atoms with Crippen LogP contribution in [0.4, 0.5) is 44.7 Å². The van der Waals surface area contributed by atoms with Gasteiger partial charge in [0, 0.05) is 49.3 Å². The van der Waals surface area contributed by atoms with E-state index in [4.69, 9.17) is 10.5 Å². The van der Waals surface area contributed by atoms with Gasteiger partial charge in [-0.3, -0.25) is 20.0 Å². The van der Waals surface area contributed by atoms with E-state index in [2.05, 4.69) is 14.5 Å². The van der Waals surface area contributed by atoms with Crippen molar-refractivity contribution in [2.45, 2.75) is 77.2 Å². The molecule has 15 nitrogen and oxygen atoms in total. The molecule has 23 heteroatoms. The van der Waals surface area contributed by atoms with Gasteiger partial charge in [-0.15, -0.1) is 0 Å². The number of benzene rings is 1. The number of amides is 4. The van der Waals surface area contributed by atoms with Crippen molar-refractivity contribution < 1.29 is 73.6 Å².